The van der Waals surface area contributed by atoms with E-state index < -0.39 is 5.60 Å². The number of hydrogen-bond acceptors (Lipinski definition) is 3. The molecule has 0 radical (unpaired) electrons. The normalized spacial score (nSPS) is 25.0. The number of amides is 1. The van der Waals surface area contributed by atoms with E-state index in [4.69, 9.17) is 0 Å². The van der Waals surface area contributed by atoms with Crippen LogP contribution in [0.15, 0.2) is 29.1 Å². The van der Waals surface area contributed by atoms with Crippen LogP contribution in [-0.4, -0.2) is 43.7 Å². The Balaban J connectivity index is 1.36. The van der Waals surface area contributed by atoms with Crippen LogP contribution in [-0.2, 0) is 17.9 Å². The molecule has 1 amide bonds. The molecule has 1 atom stereocenters. The minimum Gasteiger partial charge on any atom is -0.387 e. The van der Waals surface area contributed by atoms with Gasteiger partial charge in [0.1, 0.15) is 0 Å². The number of hydrogen-bond donors (Lipinski definition) is 1. The standard InChI is InChI=1S/C29H43N3O3/c1-2-19-31-24-12-6-7-13-25(24)32(27(31)34)22-29(35)18-20-30(21-28(29)16-8-9-17-28)26(33)15-14-23-10-4-3-5-11-23/h6-7,12-13,23,35H,2-5,8-11,14-22H2,1H3. The first-order valence-electron chi connectivity index (χ1n) is 14.1. The lowest BCUT2D eigenvalue weighted by Gasteiger charge is -2.52. The van der Waals surface area contributed by atoms with Gasteiger partial charge in [0, 0.05) is 31.5 Å². The van der Waals surface area contributed by atoms with Crippen LogP contribution in [0.25, 0.3) is 11.0 Å². The molecular formula is C29H43N3O3. The molecule has 2 aliphatic carbocycles. The summed E-state index contributed by atoms with van der Waals surface area (Å²) in [6.07, 6.45) is 13.6. The first-order valence-corrected chi connectivity index (χ1v) is 14.1. The van der Waals surface area contributed by atoms with Crippen molar-refractivity contribution in [2.75, 3.05) is 13.1 Å². The number of aliphatic hydroxyl groups is 1. The zero-order valence-electron chi connectivity index (χ0n) is 21.5. The molecule has 2 heterocycles. The van der Waals surface area contributed by atoms with Crippen molar-refractivity contribution >= 4 is 16.9 Å². The smallest absolute Gasteiger partial charge is 0.329 e. The molecule has 0 bridgehead atoms. The molecule has 1 aromatic carbocycles. The molecule has 1 N–H and O–H groups in total. The average Bonchev–Trinajstić information content (AvgIpc) is 3.45. The molecule has 6 heteroatoms. The summed E-state index contributed by atoms with van der Waals surface area (Å²) in [5, 5.41) is 12.2. The highest BCUT2D eigenvalue weighted by atomic mass is 16.3. The highest BCUT2D eigenvalue weighted by Crippen LogP contribution is 2.52. The van der Waals surface area contributed by atoms with Crippen molar-refractivity contribution in [3.63, 3.8) is 0 Å². The third-order valence-corrected chi connectivity index (χ3v) is 9.47. The van der Waals surface area contributed by atoms with Gasteiger partial charge in [-0.25, -0.2) is 4.79 Å². The van der Waals surface area contributed by atoms with Gasteiger partial charge in [0.25, 0.3) is 0 Å². The number of nitrogens with zero attached hydrogens (tertiary/aromatic N) is 3. The molecule has 1 aromatic heterocycles. The van der Waals surface area contributed by atoms with Crippen molar-refractivity contribution in [1.29, 1.82) is 0 Å². The summed E-state index contributed by atoms with van der Waals surface area (Å²) in [6, 6.07) is 7.95. The van der Waals surface area contributed by atoms with Crippen molar-refractivity contribution in [2.45, 2.75) is 109 Å². The second-order valence-corrected chi connectivity index (χ2v) is 11.6. The van der Waals surface area contributed by atoms with Crippen molar-refractivity contribution < 1.29 is 9.90 Å². The third-order valence-electron chi connectivity index (χ3n) is 9.47. The molecular weight excluding hydrogens is 438 g/mol. The Kier molecular flexibility index (Phi) is 7.11. The van der Waals surface area contributed by atoms with E-state index in [0.29, 0.717) is 44.9 Å². The van der Waals surface area contributed by atoms with E-state index in [1.165, 1.54) is 32.1 Å². The Labute approximate surface area is 209 Å². The van der Waals surface area contributed by atoms with Gasteiger partial charge >= 0.3 is 5.69 Å². The number of imidazole rings is 1. The van der Waals surface area contributed by atoms with Crippen LogP contribution < -0.4 is 5.69 Å². The van der Waals surface area contributed by atoms with Gasteiger partial charge in [-0.2, -0.15) is 0 Å². The second kappa shape index (κ2) is 10.1. The van der Waals surface area contributed by atoms with E-state index in [1.807, 2.05) is 38.3 Å². The Morgan fingerprint density at radius 2 is 1.69 bits per heavy atom. The lowest BCUT2D eigenvalue weighted by molar-refractivity contribution is -0.160. The predicted octanol–water partition coefficient (Wildman–Crippen LogP) is 5.10. The summed E-state index contributed by atoms with van der Waals surface area (Å²) in [5.41, 5.74) is 0.520. The van der Waals surface area contributed by atoms with Gasteiger partial charge in [-0.3, -0.25) is 13.9 Å². The number of likely N-dealkylation sites (tertiary alicyclic amines) is 1. The highest BCUT2D eigenvalue weighted by Gasteiger charge is 2.55. The van der Waals surface area contributed by atoms with Gasteiger partial charge in [-0.05, 0) is 50.2 Å². The minimum atomic E-state index is -0.978. The van der Waals surface area contributed by atoms with Crippen molar-refractivity contribution in [2.24, 2.45) is 11.3 Å². The first-order chi connectivity index (χ1) is 17.0. The molecule has 6 nitrogen and oxygen atoms in total. The van der Waals surface area contributed by atoms with E-state index in [1.54, 1.807) is 0 Å². The number of carbonyl (C=O) groups is 1. The quantitative estimate of drug-likeness (QED) is 0.598. The van der Waals surface area contributed by atoms with Crippen molar-refractivity contribution in [3.8, 4) is 0 Å². The van der Waals surface area contributed by atoms with Crippen LogP contribution in [0.2, 0.25) is 0 Å². The fourth-order valence-electron chi connectivity index (χ4n) is 7.40. The van der Waals surface area contributed by atoms with Gasteiger partial charge in [0.2, 0.25) is 5.91 Å². The Hall–Kier alpha value is -2.08. The van der Waals surface area contributed by atoms with Gasteiger partial charge in [-0.1, -0.05) is 64.0 Å². The summed E-state index contributed by atoms with van der Waals surface area (Å²) >= 11 is 0. The molecule has 2 aromatic rings. The maximum Gasteiger partial charge on any atom is 0.329 e. The number of aromatic nitrogens is 2. The maximum atomic E-state index is 13.5. The van der Waals surface area contributed by atoms with Gasteiger partial charge in [-0.15, -0.1) is 0 Å². The van der Waals surface area contributed by atoms with Crippen LogP contribution in [0.1, 0.15) is 90.4 Å². The van der Waals surface area contributed by atoms with Crippen LogP contribution >= 0.6 is 0 Å². The molecule has 35 heavy (non-hydrogen) atoms. The molecule has 5 rings (SSSR count). The lowest BCUT2D eigenvalue weighted by atomic mass is 9.65. The topological polar surface area (TPSA) is 67.5 Å². The Morgan fingerprint density at radius 3 is 2.37 bits per heavy atom. The SMILES string of the molecule is CCCn1c(=O)n(CC2(O)CCN(C(=O)CCC3CCCCC3)CC23CCCC3)c2ccccc21. The Morgan fingerprint density at radius 1 is 1.00 bits per heavy atom. The van der Waals surface area contributed by atoms with Crippen LogP contribution in [0, 0.1) is 11.3 Å². The maximum absolute atomic E-state index is 13.5. The predicted molar refractivity (Wildman–Crippen MR) is 139 cm³/mol. The van der Waals surface area contributed by atoms with Crippen LogP contribution in [0.4, 0.5) is 0 Å². The minimum absolute atomic E-state index is 0.0272. The van der Waals surface area contributed by atoms with E-state index >= 15 is 0 Å². The van der Waals surface area contributed by atoms with Crippen molar-refractivity contribution in [3.05, 3.63) is 34.7 Å². The summed E-state index contributed by atoms with van der Waals surface area (Å²) in [6.45, 7) is 4.30. The van der Waals surface area contributed by atoms with Crippen LogP contribution in [0.3, 0.4) is 0 Å². The fraction of sp³-hybridized carbons (Fsp3) is 0.724. The molecule has 1 unspecified atom stereocenters. The molecule has 1 aliphatic heterocycles. The molecule has 1 spiro atoms. The van der Waals surface area contributed by atoms with Gasteiger partial charge < -0.3 is 10.0 Å². The number of benzene rings is 1. The molecule has 192 valence electrons. The monoisotopic (exact) mass is 481 g/mol. The Bertz CT molecular complexity index is 1090. The highest BCUT2D eigenvalue weighted by molar-refractivity contribution is 5.77. The second-order valence-electron chi connectivity index (χ2n) is 11.6. The van der Waals surface area contributed by atoms with Crippen molar-refractivity contribution in [1.82, 2.24) is 14.0 Å². The van der Waals surface area contributed by atoms with E-state index in [-0.39, 0.29) is 17.0 Å². The summed E-state index contributed by atoms with van der Waals surface area (Å²) in [7, 11) is 0. The average molecular weight is 482 g/mol. The fourth-order valence-corrected chi connectivity index (χ4v) is 7.40. The number of aryl methyl sites for hydroxylation is 1. The summed E-state index contributed by atoms with van der Waals surface area (Å²) in [4.78, 5) is 28.7. The zero-order valence-corrected chi connectivity index (χ0v) is 21.5. The third kappa shape index (κ3) is 4.59. The number of piperidine rings is 1. The number of para-hydroxylation sites is 2. The lowest BCUT2D eigenvalue weighted by Crippen LogP contribution is -2.62. The van der Waals surface area contributed by atoms with E-state index in [9.17, 15) is 14.7 Å². The molecule has 1 saturated heterocycles. The number of carbonyl (C=O) groups excluding carboxylic acids is 1. The van der Waals surface area contributed by atoms with Gasteiger partial charge in [0.05, 0.1) is 23.2 Å². The number of rotatable bonds is 7. The summed E-state index contributed by atoms with van der Waals surface area (Å²) < 4.78 is 3.66. The van der Waals surface area contributed by atoms with E-state index in [0.717, 1.165) is 49.6 Å². The molecule has 3 aliphatic rings. The van der Waals surface area contributed by atoms with Crippen LogP contribution in [0.5, 0.6) is 0 Å². The largest absolute Gasteiger partial charge is 0.387 e. The summed E-state index contributed by atoms with van der Waals surface area (Å²) in [5.74, 6) is 0.975. The van der Waals surface area contributed by atoms with Gasteiger partial charge in [0.15, 0.2) is 0 Å². The first kappa shape index (κ1) is 24.6. The van der Waals surface area contributed by atoms with E-state index in [2.05, 4.69) is 6.92 Å². The zero-order chi connectivity index (χ0) is 24.5. The number of fused-ring (bicyclic) bond motifs is 1. The molecule has 2 saturated carbocycles. The molecule has 3 fully saturated rings.